The molecule has 0 aromatic heterocycles. The van der Waals surface area contributed by atoms with Crippen molar-refractivity contribution in [1.82, 2.24) is 10.6 Å². The number of unbranched alkanes of at least 4 members (excludes halogenated alkanes) is 4. The molecule has 0 aliphatic heterocycles. The zero-order chi connectivity index (χ0) is 25.6. The van der Waals surface area contributed by atoms with Gasteiger partial charge in [-0.3, -0.25) is 14.9 Å². The van der Waals surface area contributed by atoms with E-state index in [0.717, 1.165) is 17.7 Å². The molecular formula is C29H33N3O3S. The Morgan fingerprint density at radius 2 is 1.56 bits per heavy atom. The van der Waals surface area contributed by atoms with Gasteiger partial charge in [-0.15, -0.1) is 0 Å². The summed E-state index contributed by atoms with van der Waals surface area (Å²) in [5, 5.41) is 8.68. The topological polar surface area (TPSA) is 79.5 Å². The van der Waals surface area contributed by atoms with Crippen LogP contribution in [0.4, 0.5) is 5.69 Å². The number of carbonyl (C=O) groups is 2. The van der Waals surface area contributed by atoms with Crippen LogP contribution in [0.15, 0.2) is 78.9 Å². The third kappa shape index (κ3) is 9.15. The minimum atomic E-state index is -0.324. The number of rotatable bonds is 12. The average molecular weight is 504 g/mol. The van der Waals surface area contributed by atoms with Crippen molar-refractivity contribution >= 4 is 34.8 Å². The van der Waals surface area contributed by atoms with E-state index < -0.39 is 0 Å². The van der Waals surface area contributed by atoms with E-state index in [-0.39, 0.29) is 16.9 Å². The molecule has 0 radical (unpaired) electrons. The average Bonchev–Trinajstić information content (AvgIpc) is 2.90. The lowest BCUT2D eigenvalue weighted by atomic mass is 10.1. The van der Waals surface area contributed by atoms with Crippen LogP contribution in [0, 0.1) is 0 Å². The van der Waals surface area contributed by atoms with Crippen LogP contribution < -0.4 is 20.7 Å². The molecule has 0 spiro atoms. The molecule has 0 unspecified atom stereocenters. The summed E-state index contributed by atoms with van der Waals surface area (Å²) in [5.41, 5.74) is 2.59. The van der Waals surface area contributed by atoms with Gasteiger partial charge in [-0.25, -0.2) is 0 Å². The van der Waals surface area contributed by atoms with Gasteiger partial charge in [-0.05, 0) is 66.7 Å². The lowest BCUT2D eigenvalue weighted by Gasteiger charge is -2.12. The van der Waals surface area contributed by atoms with Gasteiger partial charge in [-0.2, -0.15) is 0 Å². The fourth-order valence-electron chi connectivity index (χ4n) is 3.55. The molecule has 2 amide bonds. The van der Waals surface area contributed by atoms with Gasteiger partial charge in [0.1, 0.15) is 5.75 Å². The van der Waals surface area contributed by atoms with Crippen molar-refractivity contribution in [3.05, 3.63) is 95.6 Å². The molecule has 0 aliphatic rings. The number of ether oxygens (including phenoxy) is 1. The minimum Gasteiger partial charge on any atom is -0.494 e. The van der Waals surface area contributed by atoms with E-state index in [0.29, 0.717) is 30.0 Å². The lowest BCUT2D eigenvalue weighted by molar-refractivity contribution is 0.0948. The van der Waals surface area contributed by atoms with E-state index in [4.69, 9.17) is 17.0 Å². The van der Waals surface area contributed by atoms with Gasteiger partial charge < -0.3 is 15.4 Å². The highest BCUT2D eigenvalue weighted by Gasteiger charge is 2.10. The molecule has 0 bridgehead atoms. The van der Waals surface area contributed by atoms with Gasteiger partial charge in [-0.1, -0.05) is 69.0 Å². The Morgan fingerprint density at radius 1 is 0.806 bits per heavy atom. The first-order chi connectivity index (χ1) is 17.5. The van der Waals surface area contributed by atoms with Gasteiger partial charge in [0, 0.05) is 23.4 Å². The number of anilines is 1. The molecule has 0 atom stereocenters. The second-order valence-corrected chi connectivity index (χ2v) is 8.85. The maximum Gasteiger partial charge on any atom is 0.257 e. The molecule has 3 rings (SSSR count). The van der Waals surface area contributed by atoms with Crippen LogP contribution in [0.2, 0.25) is 0 Å². The molecule has 3 N–H and O–H groups in total. The fraction of sp³-hybridized carbons (Fsp3) is 0.276. The van der Waals surface area contributed by atoms with Crippen LogP contribution in [0.3, 0.4) is 0 Å². The number of thiocarbonyl (C=S) groups is 1. The number of amides is 2. The number of benzene rings is 3. The molecule has 188 valence electrons. The second kappa shape index (κ2) is 14.6. The number of hydrogen-bond donors (Lipinski definition) is 3. The van der Waals surface area contributed by atoms with E-state index in [1.807, 2.05) is 30.3 Å². The van der Waals surface area contributed by atoms with Crippen molar-refractivity contribution in [1.29, 1.82) is 0 Å². The normalized spacial score (nSPS) is 10.4. The molecule has 0 saturated carbocycles. The first kappa shape index (κ1) is 26.9. The zero-order valence-electron chi connectivity index (χ0n) is 20.6. The van der Waals surface area contributed by atoms with E-state index >= 15 is 0 Å². The van der Waals surface area contributed by atoms with Crippen molar-refractivity contribution in [2.75, 3.05) is 11.9 Å². The van der Waals surface area contributed by atoms with Crippen LogP contribution in [-0.2, 0) is 6.54 Å². The Bertz CT molecular complexity index is 1130. The lowest BCUT2D eigenvalue weighted by Crippen LogP contribution is -2.34. The summed E-state index contributed by atoms with van der Waals surface area (Å²) >= 11 is 5.29. The Balaban J connectivity index is 1.45. The van der Waals surface area contributed by atoms with Gasteiger partial charge in [0.25, 0.3) is 11.8 Å². The first-order valence-corrected chi connectivity index (χ1v) is 12.7. The smallest absolute Gasteiger partial charge is 0.257 e. The summed E-state index contributed by atoms with van der Waals surface area (Å²) in [5.74, 6) is 0.223. The summed E-state index contributed by atoms with van der Waals surface area (Å²) in [6, 6.07) is 23.6. The van der Waals surface area contributed by atoms with Crippen LogP contribution in [0.1, 0.15) is 65.3 Å². The molecular weight excluding hydrogens is 470 g/mol. The SMILES string of the molecule is CCCCCCCOc1ccc(C(=O)NC(=S)Nc2cccc(C(=O)NCc3ccccc3)c2)cc1. The Kier molecular flexibility index (Phi) is 10.9. The summed E-state index contributed by atoms with van der Waals surface area (Å²) in [6.45, 7) is 3.31. The molecule has 0 saturated heterocycles. The third-order valence-corrected chi connectivity index (χ3v) is 5.74. The summed E-state index contributed by atoms with van der Waals surface area (Å²) < 4.78 is 5.75. The summed E-state index contributed by atoms with van der Waals surface area (Å²) in [4.78, 5) is 25.1. The van der Waals surface area contributed by atoms with Crippen LogP contribution in [0.25, 0.3) is 0 Å². The zero-order valence-corrected chi connectivity index (χ0v) is 21.4. The predicted octanol–water partition coefficient (Wildman–Crippen LogP) is 6.09. The van der Waals surface area contributed by atoms with Crippen molar-refractivity contribution < 1.29 is 14.3 Å². The van der Waals surface area contributed by atoms with Crippen LogP contribution in [0.5, 0.6) is 5.75 Å². The van der Waals surface area contributed by atoms with E-state index in [2.05, 4.69) is 22.9 Å². The van der Waals surface area contributed by atoms with Gasteiger partial charge in [0.05, 0.1) is 6.61 Å². The molecule has 7 heteroatoms. The highest BCUT2D eigenvalue weighted by Crippen LogP contribution is 2.14. The van der Waals surface area contributed by atoms with E-state index in [9.17, 15) is 9.59 Å². The molecule has 0 aliphatic carbocycles. The molecule has 3 aromatic rings. The minimum absolute atomic E-state index is 0.147. The predicted molar refractivity (Wildman–Crippen MR) is 148 cm³/mol. The molecule has 0 fully saturated rings. The Morgan fingerprint density at radius 3 is 2.31 bits per heavy atom. The van der Waals surface area contributed by atoms with E-state index in [1.54, 1.807) is 48.5 Å². The maximum absolute atomic E-state index is 12.6. The highest BCUT2D eigenvalue weighted by atomic mass is 32.1. The van der Waals surface area contributed by atoms with Crippen molar-refractivity contribution in [2.24, 2.45) is 0 Å². The monoisotopic (exact) mass is 503 g/mol. The van der Waals surface area contributed by atoms with Gasteiger partial charge in [0.15, 0.2) is 5.11 Å². The second-order valence-electron chi connectivity index (χ2n) is 8.44. The molecule has 36 heavy (non-hydrogen) atoms. The fourth-order valence-corrected chi connectivity index (χ4v) is 3.76. The molecule has 3 aromatic carbocycles. The van der Waals surface area contributed by atoms with Gasteiger partial charge in [0.2, 0.25) is 0 Å². The van der Waals surface area contributed by atoms with Gasteiger partial charge >= 0.3 is 0 Å². The standard InChI is InChI=1S/C29H33N3O3S/c1-2-3-4-5-9-19-35-26-17-15-23(16-18-26)28(34)32-29(36)31-25-14-10-13-24(20-25)27(33)30-21-22-11-7-6-8-12-22/h6-8,10-18,20H,2-5,9,19,21H2,1H3,(H,30,33)(H2,31,32,34,36). The number of carbonyl (C=O) groups excluding carboxylic acids is 2. The maximum atomic E-state index is 12.6. The Hall–Kier alpha value is -3.71. The molecule has 0 heterocycles. The van der Waals surface area contributed by atoms with Crippen LogP contribution >= 0.6 is 12.2 Å². The van der Waals surface area contributed by atoms with E-state index in [1.165, 1.54) is 25.7 Å². The molecule has 6 nitrogen and oxygen atoms in total. The van der Waals surface area contributed by atoms with Crippen molar-refractivity contribution in [2.45, 2.75) is 45.6 Å². The van der Waals surface area contributed by atoms with Crippen LogP contribution in [-0.4, -0.2) is 23.5 Å². The third-order valence-electron chi connectivity index (χ3n) is 5.54. The quantitative estimate of drug-likeness (QED) is 0.206. The van der Waals surface area contributed by atoms with Crippen molar-refractivity contribution in [3.63, 3.8) is 0 Å². The summed E-state index contributed by atoms with van der Waals surface area (Å²) in [6.07, 6.45) is 5.91. The number of nitrogens with one attached hydrogen (secondary N) is 3. The van der Waals surface area contributed by atoms with Crippen molar-refractivity contribution in [3.8, 4) is 5.75 Å². The number of hydrogen-bond acceptors (Lipinski definition) is 4. The first-order valence-electron chi connectivity index (χ1n) is 12.3. The summed E-state index contributed by atoms with van der Waals surface area (Å²) in [7, 11) is 0. The Labute approximate surface area is 218 Å². The highest BCUT2D eigenvalue weighted by molar-refractivity contribution is 7.80. The largest absolute Gasteiger partial charge is 0.494 e.